The van der Waals surface area contributed by atoms with Gasteiger partial charge in [0.15, 0.2) is 0 Å². The van der Waals surface area contributed by atoms with Crippen LogP contribution in [0.4, 0.5) is 0 Å². The van der Waals surface area contributed by atoms with E-state index in [1.54, 1.807) is 0 Å². The molecule has 1 N–H and O–H groups in total. The van der Waals surface area contributed by atoms with Gasteiger partial charge in [-0.05, 0) is 29.5 Å². The van der Waals surface area contributed by atoms with E-state index in [-0.39, 0.29) is 5.41 Å². The maximum atomic E-state index is 5.78. The number of hydrogen-bond donors (Lipinski definition) is 1. The van der Waals surface area contributed by atoms with Crippen molar-refractivity contribution in [2.45, 2.75) is 33.1 Å². The Kier molecular flexibility index (Phi) is 6.50. The Morgan fingerprint density at radius 2 is 1.75 bits per heavy atom. The van der Waals surface area contributed by atoms with E-state index in [0.29, 0.717) is 13.2 Å². The number of quaternary nitrogens is 1. The second-order valence-corrected chi connectivity index (χ2v) is 6.65. The van der Waals surface area contributed by atoms with Crippen LogP contribution in [0.2, 0.25) is 0 Å². The summed E-state index contributed by atoms with van der Waals surface area (Å²) in [4.78, 5) is 1.40. The minimum atomic E-state index is 0.181. The summed E-state index contributed by atoms with van der Waals surface area (Å²) >= 11 is 0. The Balaban J connectivity index is 2.38. The van der Waals surface area contributed by atoms with Crippen LogP contribution in [-0.4, -0.2) is 40.5 Å². The third-order valence-corrected chi connectivity index (χ3v) is 3.27. The summed E-state index contributed by atoms with van der Waals surface area (Å²) in [6, 6.07) is 6.43. The fourth-order valence-corrected chi connectivity index (χ4v) is 1.87. The van der Waals surface area contributed by atoms with Crippen molar-refractivity contribution in [3.63, 3.8) is 0 Å². The summed E-state index contributed by atoms with van der Waals surface area (Å²) in [5.41, 5.74) is 2.71. The second kappa shape index (κ2) is 7.65. The lowest BCUT2D eigenvalue weighted by Gasteiger charge is -2.20. The van der Waals surface area contributed by atoms with Gasteiger partial charge in [0.1, 0.15) is 18.9 Å². The van der Waals surface area contributed by atoms with Crippen LogP contribution >= 0.6 is 0 Å². The summed E-state index contributed by atoms with van der Waals surface area (Å²) in [6.45, 7) is 11.8. The van der Waals surface area contributed by atoms with Crippen LogP contribution in [0.3, 0.4) is 0 Å². The quantitative estimate of drug-likeness (QED) is 0.770. The molecule has 0 aliphatic heterocycles. The molecule has 0 unspecified atom stereocenters. The molecule has 0 aliphatic carbocycles. The Morgan fingerprint density at radius 3 is 2.30 bits per heavy atom. The molecule has 20 heavy (non-hydrogen) atoms. The molecule has 0 saturated heterocycles. The molecule has 0 heterocycles. The maximum absolute atomic E-state index is 5.78. The molecule has 0 fully saturated rings. The third kappa shape index (κ3) is 5.93. The molecule has 3 nitrogen and oxygen atoms in total. The lowest BCUT2D eigenvalue weighted by molar-refractivity contribution is -0.858. The highest BCUT2D eigenvalue weighted by molar-refractivity contribution is 5.38. The molecule has 0 bridgehead atoms. The topological polar surface area (TPSA) is 22.9 Å². The molecular weight excluding hydrogens is 250 g/mol. The summed E-state index contributed by atoms with van der Waals surface area (Å²) in [5.74, 6) is 0.958. The fourth-order valence-electron chi connectivity index (χ4n) is 1.87. The molecule has 0 spiro atoms. The highest BCUT2D eigenvalue weighted by atomic mass is 16.5. The van der Waals surface area contributed by atoms with Crippen LogP contribution < -0.4 is 9.64 Å². The van der Waals surface area contributed by atoms with E-state index < -0.39 is 0 Å². The van der Waals surface area contributed by atoms with E-state index in [1.807, 2.05) is 0 Å². The normalized spacial score (nSPS) is 11.9. The molecule has 0 atom stereocenters. The van der Waals surface area contributed by atoms with E-state index in [2.05, 4.69) is 60.0 Å². The minimum absolute atomic E-state index is 0.181. The molecule has 0 radical (unpaired) electrons. The van der Waals surface area contributed by atoms with Gasteiger partial charge in [-0.3, -0.25) is 0 Å². The molecule has 114 valence electrons. The van der Waals surface area contributed by atoms with Gasteiger partial charge in [-0.1, -0.05) is 32.9 Å². The predicted molar refractivity (Wildman–Crippen MR) is 83.9 cm³/mol. The van der Waals surface area contributed by atoms with Gasteiger partial charge in [-0.25, -0.2) is 0 Å². The monoisotopic (exact) mass is 280 g/mol. The molecule has 3 heteroatoms. The largest absolute Gasteiger partial charge is 0.491 e. The highest BCUT2D eigenvalue weighted by Crippen LogP contribution is 2.27. The first-order valence-corrected chi connectivity index (χ1v) is 7.41. The Labute approximate surface area is 123 Å². The van der Waals surface area contributed by atoms with Crippen molar-refractivity contribution in [1.29, 1.82) is 0 Å². The minimum Gasteiger partial charge on any atom is -0.491 e. The summed E-state index contributed by atoms with van der Waals surface area (Å²) < 4.78 is 11.3. The van der Waals surface area contributed by atoms with Crippen LogP contribution in [0, 0.1) is 6.92 Å². The van der Waals surface area contributed by atoms with Crippen molar-refractivity contribution < 1.29 is 14.4 Å². The maximum Gasteiger partial charge on any atom is 0.122 e. The first-order valence-electron chi connectivity index (χ1n) is 7.41. The zero-order valence-corrected chi connectivity index (χ0v) is 13.9. The lowest BCUT2D eigenvalue weighted by atomic mass is 9.86. The SMILES string of the molecule is Cc1cc(C(C)(C)C)ccc1OCCOCC[NH+](C)C. The molecule has 0 saturated carbocycles. The van der Waals surface area contributed by atoms with Crippen LogP contribution in [0.5, 0.6) is 5.75 Å². The molecule has 0 amide bonds. The summed E-state index contributed by atoms with van der Waals surface area (Å²) in [6.07, 6.45) is 0. The average Bonchev–Trinajstić information content (AvgIpc) is 2.33. The van der Waals surface area contributed by atoms with Gasteiger partial charge < -0.3 is 14.4 Å². The number of hydrogen-bond acceptors (Lipinski definition) is 2. The van der Waals surface area contributed by atoms with Gasteiger partial charge in [0.05, 0.1) is 27.3 Å². The zero-order chi connectivity index (χ0) is 15.2. The van der Waals surface area contributed by atoms with E-state index >= 15 is 0 Å². The molecule has 1 aromatic carbocycles. The predicted octanol–water partition coefficient (Wildman–Crippen LogP) is 1.83. The molecule has 0 aromatic heterocycles. The number of ether oxygens (including phenoxy) is 2. The Morgan fingerprint density at radius 1 is 1.05 bits per heavy atom. The molecule has 1 rings (SSSR count). The van der Waals surface area contributed by atoms with Crippen LogP contribution in [0.25, 0.3) is 0 Å². The number of benzene rings is 1. The second-order valence-electron chi connectivity index (χ2n) is 6.65. The van der Waals surface area contributed by atoms with E-state index in [0.717, 1.165) is 18.9 Å². The van der Waals surface area contributed by atoms with Gasteiger partial charge in [0, 0.05) is 0 Å². The fraction of sp³-hybridized carbons (Fsp3) is 0.647. The van der Waals surface area contributed by atoms with Crippen molar-refractivity contribution >= 4 is 0 Å². The van der Waals surface area contributed by atoms with Crippen molar-refractivity contribution in [2.75, 3.05) is 40.5 Å². The van der Waals surface area contributed by atoms with Gasteiger partial charge in [0.2, 0.25) is 0 Å². The van der Waals surface area contributed by atoms with Crippen molar-refractivity contribution in [3.8, 4) is 5.75 Å². The number of aryl methyl sites for hydroxylation is 1. The van der Waals surface area contributed by atoms with Crippen LogP contribution in [0.1, 0.15) is 31.9 Å². The van der Waals surface area contributed by atoms with Gasteiger partial charge in [0.25, 0.3) is 0 Å². The van der Waals surface area contributed by atoms with Gasteiger partial charge in [-0.15, -0.1) is 0 Å². The Bertz CT molecular complexity index is 408. The molecular formula is C17H30NO2+. The van der Waals surface area contributed by atoms with Crippen molar-refractivity contribution in [1.82, 2.24) is 0 Å². The molecule has 0 aliphatic rings. The first kappa shape index (κ1) is 17.0. The van der Waals surface area contributed by atoms with E-state index in [1.165, 1.54) is 16.0 Å². The molecule has 1 aromatic rings. The zero-order valence-electron chi connectivity index (χ0n) is 13.9. The van der Waals surface area contributed by atoms with Gasteiger partial charge in [-0.2, -0.15) is 0 Å². The Hall–Kier alpha value is -1.06. The standard InChI is InChI=1S/C17H29NO2/c1-14-13-15(17(2,3)4)7-8-16(14)20-12-11-19-10-9-18(5)6/h7-8,13H,9-12H2,1-6H3/p+1. The van der Waals surface area contributed by atoms with Crippen molar-refractivity contribution in [3.05, 3.63) is 29.3 Å². The first-order chi connectivity index (χ1) is 9.30. The van der Waals surface area contributed by atoms with Gasteiger partial charge >= 0.3 is 0 Å². The summed E-state index contributed by atoms with van der Waals surface area (Å²) in [5, 5.41) is 0. The lowest BCUT2D eigenvalue weighted by Crippen LogP contribution is -3.06. The number of rotatable bonds is 7. The van der Waals surface area contributed by atoms with Crippen LogP contribution in [-0.2, 0) is 10.2 Å². The third-order valence-electron chi connectivity index (χ3n) is 3.27. The number of nitrogens with one attached hydrogen (secondary N) is 1. The van der Waals surface area contributed by atoms with Crippen LogP contribution in [0.15, 0.2) is 18.2 Å². The van der Waals surface area contributed by atoms with E-state index in [4.69, 9.17) is 9.47 Å². The summed E-state index contributed by atoms with van der Waals surface area (Å²) in [7, 11) is 4.25. The smallest absolute Gasteiger partial charge is 0.122 e. The average molecular weight is 280 g/mol. The van der Waals surface area contributed by atoms with Crippen molar-refractivity contribution in [2.24, 2.45) is 0 Å². The van der Waals surface area contributed by atoms with E-state index in [9.17, 15) is 0 Å². The highest BCUT2D eigenvalue weighted by Gasteiger charge is 2.14. The number of likely N-dealkylation sites (N-methyl/N-ethyl adjacent to an activating group) is 1.